The van der Waals surface area contributed by atoms with Gasteiger partial charge in [-0.2, -0.15) is 5.26 Å². The van der Waals surface area contributed by atoms with Crippen LogP contribution in [0, 0.1) is 18.3 Å². The molecule has 0 radical (unpaired) electrons. The summed E-state index contributed by atoms with van der Waals surface area (Å²) in [5.74, 6) is 0.614. The Labute approximate surface area is 178 Å². The zero-order chi connectivity index (χ0) is 21.4. The molecule has 5 rings (SSSR count). The number of fused-ring (bicyclic) bond motifs is 1. The Hall–Kier alpha value is -3.61. The highest BCUT2D eigenvalue weighted by molar-refractivity contribution is 5.94. The predicted molar refractivity (Wildman–Crippen MR) is 109 cm³/mol. The van der Waals surface area contributed by atoms with Gasteiger partial charge >= 0.3 is 5.97 Å². The molecule has 1 atom stereocenters. The molecular weight excluding hydrogens is 396 g/mol. The van der Waals surface area contributed by atoms with E-state index in [2.05, 4.69) is 25.4 Å². The fraction of sp³-hybridized carbons (Fsp3) is 0.318. The topological polar surface area (TPSA) is 117 Å². The largest absolute Gasteiger partial charge is 0.457 e. The van der Waals surface area contributed by atoms with Gasteiger partial charge in [-0.1, -0.05) is 6.07 Å². The molecule has 2 aromatic heterocycles. The molecule has 1 saturated heterocycles. The van der Waals surface area contributed by atoms with Gasteiger partial charge < -0.3 is 14.5 Å². The van der Waals surface area contributed by atoms with Gasteiger partial charge in [0.1, 0.15) is 18.4 Å². The van der Waals surface area contributed by atoms with Crippen molar-refractivity contribution in [2.75, 3.05) is 19.6 Å². The first-order chi connectivity index (χ1) is 15.1. The summed E-state index contributed by atoms with van der Waals surface area (Å²) in [6, 6.07) is 9.42. The van der Waals surface area contributed by atoms with E-state index in [1.165, 1.54) is 11.8 Å². The van der Waals surface area contributed by atoms with Gasteiger partial charge in [0.25, 0.3) is 5.89 Å². The fourth-order valence-electron chi connectivity index (χ4n) is 4.11. The molecule has 0 saturated carbocycles. The van der Waals surface area contributed by atoms with E-state index in [1.54, 1.807) is 12.1 Å². The zero-order valence-electron chi connectivity index (χ0n) is 17.0. The van der Waals surface area contributed by atoms with Crippen molar-refractivity contribution in [1.82, 2.24) is 25.4 Å². The van der Waals surface area contributed by atoms with Gasteiger partial charge in [0.2, 0.25) is 5.89 Å². The van der Waals surface area contributed by atoms with Crippen molar-refractivity contribution in [3.8, 4) is 17.7 Å². The maximum atomic E-state index is 11.8. The minimum Gasteiger partial charge on any atom is -0.457 e. The molecule has 0 aliphatic carbocycles. The summed E-state index contributed by atoms with van der Waals surface area (Å²) < 4.78 is 11.0. The number of piperazine rings is 1. The molecule has 0 unspecified atom stereocenters. The predicted octanol–water partition coefficient (Wildman–Crippen LogP) is 2.13. The monoisotopic (exact) mass is 416 g/mol. The molecule has 9 heteroatoms. The van der Waals surface area contributed by atoms with E-state index in [4.69, 9.17) is 14.4 Å². The average Bonchev–Trinajstić information content (AvgIpc) is 3.42. The molecule has 9 nitrogen and oxygen atoms in total. The van der Waals surface area contributed by atoms with E-state index in [0.29, 0.717) is 41.8 Å². The van der Waals surface area contributed by atoms with E-state index >= 15 is 0 Å². The lowest BCUT2D eigenvalue weighted by molar-refractivity contribution is 0.0535. The van der Waals surface area contributed by atoms with Crippen molar-refractivity contribution in [2.24, 2.45) is 0 Å². The third kappa shape index (κ3) is 3.67. The summed E-state index contributed by atoms with van der Waals surface area (Å²) in [4.78, 5) is 18.3. The van der Waals surface area contributed by atoms with Gasteiger partial charge in [0.15, 0.2) is 0 Å². The Bertz CT molecular complexity index is 1180. The number of aromatic nitrogens is 3. The van der Waals surface area contributed by atoms with Crippen LogP contribution in [0.1, 0.15) is 44.5 Å². The number of benzene rings is 1. The number of hydrogen-bond acceptors (Lipinski definition) is 9. The second kappa shape index (κ2) is 7.91. The standard InChI is InChI=1S/C22H20N6O3/c1-13-15(3-4-16-17(13)12-30-22(16)29)19-10-28(7-6-24-19)11-20-26-27-21(31-20)18-5-2-14(8-23)9-25-18/h2-5,9,19,24H,6-7,10-12H2,1H3/t19-/m0/s1. The second-order valence-corrected chi connectivity index (χ2v) is 7.67. The second-order valence-electron chi connectivity index (χ2n) is 7.67. The first-order valence-corrected chi connectivity index (χ1v) is 10.1. The summed E-state index contributed by atoms with van der Waals surface area (Å²) >= 11 is 0. The van der Waals surface area contributed by atoms with E-state index in [-0.39, 0.29) is 12.0 Å². The van der Waals surface area contributed by atoms with Crippen LogP contribution in [0.15, 0.2) is 34.9 Å². The van der Waals surface area contributed by atoms with Crippen LogP contribution in [0.4, 0.5) is 0 Å². The Morgan fingerprint density at radius 2 is 2.19 bits per heavy atom. The van der Waals surface area contributed by atoms with Crippen LogP contribution >= 0.6 is 0 Å². The van der Waals surface area contributed by atoms with Crippen LogP contribution in [-0.4, -0.2) is 45.7 Å². The van der Waals surface area contributed by atoms with Gasteiger partial charge in [-0.25, -0.2) is 9.78 Å². The fourth-order valence-corrected chi connectivity index (χ4v) is 4.11. The number of cyclic esters (lactones) is 1. The number of esters is 1. The highest BCUT2D eigenvalue weighted by Crippen LogP contribution is 2.30. The Kier molecular flexibility index (Phi) is 4.94. The molecule has 156 valence electrons. The van der Waals surface area contributed by atoms with Gasteiger partial charge in [0.05, 0.1) is 17.7 Å². The molecule has 3 aromatic rings. The van der Waals surface area contributed by atoms with Crippen molar-refractivity contribution < 1.29 is 13.9 Å². The molecule has 0 spiro atoms. The first kappa shape index (κ1) is 19.4. The number of pyridine rings is 1. The molecule has 4 heterocycles. The quantitative estimate of drug-likeness (QED) is 0.638. The molecule has 1 aromatic carbocycles. The first-order valence-electron chi connectivity index (χ1n) is 10.1. The SMILES string of the molecule is Cc1c([C@@H]2CN(Cc3nnc(-c4ccc(C#N)cn4)o3)CCN2)ccc2c1COC2=O. The molecular formula is C22H20N6O3. The average molecular weight is 416 g/mol. The Morgan fingerprint density at radius 3 is 3.00 bits per heavy atom. The van der Waals surface area contributed by atoms with Crippen molar-refractivity contribution in [1.29, 1.82) is 5.26 Å². The van der Waals surface area contributed by atoms with Crippen LogP contribution in [0.5, 0.6) is 0 Å². The molecule has 0 amide bonds. The number of hydrogen-bond donors (Lipinski definition) is 1. The lowest BCUT2D eigenvalue weighted by Gasteiger charge is -2.34. The molecule has 1 N–H and O–H groups in total. The van der Waals surface area contributed by atoms with E-state index < -0.39 is 0 Å². The van der Waals surface area contributed by atoms with Crippen molar-refractivity contribution >= 4 is 5.97 Å². The molecule has 0 bridgehead atoms. The summed E-state index contributed by atoms with van der Waals surface area (Å²) in [5.41, 5.74) is 4.96. The van der Waals surface area contributed by atoms with E-state index in [1.807, 2.05) is 25.1 Å². The number of nitrogens with zero attached hydrogens (tertiary/aromatic N) is 5. The molecule has 1 fully saturated rings. The normalized spacial score (nSPS) is 18.5. The summed E-state index contributed by atoms with van der Waals surface area (Å²) in [5, 5.41) is 20.7. The number of ether oxygens (including phenoxy) is 1. The smallest absolute Gasteiger partial charge is 0.338 e. The van der Waals surface area contributed by atoms with Gasteiger partial charge in [-0.15, -0.1) is 10.2 Å². The number of nitrogens with one attached hydrogen (secondary N) is 1. The highest BCUT2D eigenvalue weighted by Gasteiger charge is 2.28. The number of carbonyl (C=O) groups is 1. The van der Waals surface area contributed by atoms with E-state index in [0.717, 1.165) is 30.8 Å². The van der Waals surface area contributed by atoms with Gasteiger partial charge in [0, 0.05) is 37.4 Å². The summed E-state index contributed by atoms with van der Waals surface area (Å²) in [6.07, 6.45) is 1.48. The molecule has 2 aliphatic heterocycles. The van der Waals surface area contributed by atoms with Crippen molar-refractivity contribution in [2.45, 2.75) is 26.1 Å². The minimum atomic E-state index is -0.244. The third-order valence-electron chi connectivity index (χ3n) is 5.78. The Morgan fingerprint density at radius 1 is 1.29 bits per heavy atom. The minimum absolute atomic E-state index is 0.136. The third-order valence-corrected chi connectivity index (χ3v) is 5.78. The van der Waals surface area contributed by atoms with Crippen LogP contribution in [0.2, 0.25) is 0 Å². The lowest BCUT2D eigenvalue weighted by atomic mass is 9.93. The summed E-state index contributed by atoms with van der Waals surface area (Å²) in [6.45, 7) is 5.39. The highest BCUT2D eigenvalue weighted by atomic mass is 16.5. The lowest BCUT2D eigenvalue weighted by Crippen LogP contribution is -2.45. The van der Waals surface area contributed by atoms with Crippen LogP contribution < -0.4 is 5.32 Å². The zero-order valence-corrected chi connectivity index (χ0v) is 17.0. The van der Waals surface area contributed by atoms with Gasteiger partial charge in [-0.3, -0.25) is 4.90 Å². The van der Waals surface area contributed by atoms with Crippen molar-refractivity contribution in [3.05, 3.63) is 64.2 Å². The Balaban J connectivity index is 1.29. The number of rotatable bonds is 4. The number of carbonyl (C=O) groups excluding carboxylic acids is 1. The van der Waals surface area contributed by atoms with E-state index in [9.17, 15) is 4.79 Å². The van der Waals surface area contributed by atoms with Crippen LogP contribution in [-0.2, 0) is 17.9 Å². The van der Waals surface area contributed by atoms with Crippen LogP contribution in [0.25, 0.3) is 11.6 Å². The molecule has 2 aliphatic rings. The number of nitriles is 1. The summed E-state index contributed by atoms with van der Waals surface area (Å²) in [7, 11) is 0. The van der Waals surface area contributed by atoms with Gasteiger partial charge in [-0.05, 0) is 36.2 Å². The maximum Gasteiger partial charge on any atom is 0.338 e. The van der Waals surface area contributed by atoms with Crippen molar-refractivity contribution in [3.63, 3.8) is 0 Å². The maximum absolute atomic E-state index is 11.8. The van der Waals surface area contributed by atoms with Crippen LogP contribution in [0.3, 0.4) is 0 Å². The molecule has 31 heavy (non-hydrogen) atoms.